The minimum Gasteiger partial charge on any atom is -0.493 e. The Kier molecular flexibility index (Phi) is 5.80. The third-order valence-corrected chi connectivity index (χ3v) is 3.88. The first-order chi connectivity index (χ1) is 11.0. The summed E-state index contributed by atoms with van der Waals surface area (Å²) >= 11 is 0. The number of aryl methyl sites for hydroxylation is 1. The topological polar surface area (TPSA) is 35.5 Å². The molecular weight excluding hydrogens is 288 g/mol. The summed E-state index contributed by atoms with van der Waals surface area (Å²) in [5, 5.41) is 2.34. The molecule has 0 aromatic heterocycles. The van der Waals surface area contributed by atoms with Gasteiger partial charge in [-0.2, -0.15) is 0 Å². The fourth-order valence-electron chi connectivity index (χ4n) is 2.40. The molecule has 0 atom stereocenters. The Bertz CT molecular complexity index is 716. The number of fused-ring (bicyclic) bond motifs is 1. The van der Waals surface area contributed by atoms with Gasteiger partial charge in [0.25, 0.3) is 0 Å². The molecule has 0 amide bonds. The molecule has 3 nitrogen and oxygen atoms in total. The molecule has 0 spiro atoms. The quantitative estimate of drug-likeness (QED) is 0.421. The zero-order valence-corrected chi connectivity index (χ0v) is 14.1. The number of unbranched alkanes of at least 4 members (excludes halogenated alkanes) is 1. The van der Waals surface area contributed by atoms with Crippen LogP contribution in [0.15, 0.2) is 42.5 Å². The molecule has 0 unspecified atom stereocenters. The maximum atomic E-state index is 11.3. The molecule has 0 saturated heterocycles. The molecule has 0 N–H and O–H groups in total. The summed E-state index contributed by atoms with van der Waals surface area (Å²) in [6.07, 6.45) is 1.62. The van der Waals surface area contributed by atoms with Crippen LogP contribution in [0, 0.1) is 13.8 Å². The van der Waals surface area contributed by atoms with E-state index in [9.17, 15) is 4.79 Å². The van der Waals surface area contributed by atoms with E-state index in [-0.39, 0.29) is 5.97 Å². The minimum atomic E-state index is -0.327. The van der Waals surface area contributed by atoms with E-state index in [1.54, 1.807) is 6.92 Å². The maximum absolute atomic E-state index is 11.3. The first-order valence-electron chi connectivity index (χ1n) is 7.95. The molecule has 0 heterocycles. The Morgan fingerprint density at radius 3 is 2.57 bits per heavy atom. The minimum absolute atomic E-state index is 0.327. The van der Waals surface area contributed by atoms with Crippen molar-refractivity contribution in [3.8, 4) is 5.75 Å². The van der Waals surface area contributed by atoms with Crippen LogP contribution in [0.3, 0.4) is 0 Å². The lowest BCUT2D eigenvalue weighted by atomic mass is 10.0. The zero-order chi connectivity index (χ0) is 16.8. The van der Waals surface area contributed by atoms with Crippen LogP contribution in [0.25, 0.3) is 10.8 Å². The molecule has 2 aromatic carbocycles. The molecule has 0 bridgehead atoms. The van der Waals surface area contributed by atoms with Crippen LogP contribution in [-0.2, 0) is 9.53 Å². The highest BCUT2D eigenvalue weighted by Gasteiger charge is 2.09. The molecule has 0 radical (unpaired) electrons. The smallest absolute Gasteiger partial charge is 0.333 e. The van der Waals surface area contributed by atoms with Crippen LogP contribution in [0.5, 0.6) is 5.75 Å². The van der Waals surface area contributed by atoms with Gasteiger partial charge in [-0.05, 0) is 50.1 Å². The molecule has 0 aliphatic heterocycles. The number of esters is 1. The summed E-state index contributed by atoms with van der Waals surface area (Å²) in [7, 11) is 0. The second-order valence-electron chi connectivity index (χ2n) is 5.84. The van der Waals surface area contributed by atoms with Crippen molar-refractivity contribution in [2.75, 3.05) is 13.2 Å². The Morgan fingerprint density at radius 1 is 1.13 bits per heavy atom. The average molecular weight is 312 g/mol. The predicted octanol–water partition coefficient (Wildman–Crippen LogP) is 4.73. The monoisotopic (exact) mass is 312 g/mol. The highest BCUT2D eigenvalue weighted by Crippen LogP contribution is 2.32. The lowest BCUT2D eigenvalue weighted by molar-refractivity contribution is -0.139. The largest absolute Gasteiger partial charge is 0.493 e. The van der Waals surface area contributed by atoms with Crippen LogP contribution >= 0.6 is 0 Å². The van der Waals surface area contributed by atoms with Gasteiger partial charge in [-0.15, -0.1) is 0 Å². The summed E-state index contributed by atoms with van der Waals surface area (Å²) < 4.78 is 11.1. The summed E-state index contributed by atoms with van der Waals surface area (Å²) in [6.45, 7) is 10.4. The van der Waals surface area contributed by atoms with Gasteiger partial charge in [-0.25, -0.2) is 4.79 Å². The number of ether oxygens (including phenoxy) is 2. The molecule has 2 aromatic rings. The molecule has 3 heteroatoms. The highest BCUT2D eigenvalue weighted by molar-refractivity contribution is 5.90. The molecular formula is C20H24O3. The first-order valence-corrected chi connectivity index (χ1v) is 7.95. The van der Waals surface area contributed by atoms with Gasteiger partial charge in [0.15, 0.2) is 0 Å². The molecule has 0 aliphatic carbocycles. The van der Waals surface area contributed by atoms with E-state index < -0.39 is 0 Å². The molecule has 23 heavy (non-hydrogen) atoms. The van der Waals surface area contributed by atoms with Gasteiger partial charge in [-0.1, -0.05) is 36.9 Å². The van der Waals surface area contributed by atoms with Crippen molar-refractivity contribution in [1.29, 1.82) is 0 Å². The molecule has 2 rings (SSSR count). The summed E-state index contributed by atoms with van der Waals surface area (Å²) in [5.41, 5.74) is 2.84. The van der Waals surface area contributed by atoms with Crippen LogP contribution in [0.4, 0.5) is 0 Å². The lowest BCUT2D eigenvalue weighted by Crippen LogP contribution is -2.08. The number of hydrogen-bond acceptors (Lipinski definition) is 3. The van der Waals surface area contributed by atoms with Crippen LogP contribution < -0.4 is 4.74 Å². The van der Waals surface area contributed by atoms with Gasteiger partial charge in [-0.3, -0.25) is 0 Å². The van der Waals surface area contributed by atoms with Gasteiger partial charge >= 0.3 is 5.97 Å². The molecule has 0 aliphatic rings. The van der Waals surface area contributed by atoms with Crippen molar-refractivity contribution in [3.63, 3.8) is 0 Å². The number of carbonyl (C=O) groups is 1. The first kappa shape index (κ1) is 17.1. The molecule has 0 fully saturated rings. The Labute approximate surface area is 137 Å². The fourth-order valence-corrected chi connectivity index (χ4v) is 2.40. The van der Waals surface area contributed by atoms with Crippen molar-refractivity contribution in [2.45, 2.75) is 33.6 Å². The van der Waals surface area contributed by atoms with E-state index in [0.717, 1.165) is 24.0 Å². The maximum Gasteiger partial charge on any atom is 0.333 e. The van der Waals surface area contributed by atoms with Crippen molar-refractivity contribution >= 4 is 16.7 Å². The van der Waals surface area contributed by atoms with Crippen molar-refractivity contribution < 1.29 is 14.3 Å². The zero-order valence-electron chi connectivity index (χ0n) is 14.1. The van der Waals surface area contributed by atoms with E-state index in [2.05, 4.69) is 38.6 Å². The van der Waals surface area contributed by atoms with Crippen molar-refractivity contribution in [3.05, 3.63) is 53.6 Å². The number of hydrogen-bond donors (Lipinski definition) is 0. The Balaban J connectivity index is 1.91. The normalized spacial score (nSPS) is 10.6. The second kappa shape index (κ2) is 7.82. The number of rotatable bonds is 7. The van der Waals surface area contributed by atoms with Gasteiger partial charge < -0.3 is 9.47 Å². The highest BCUT2D eigenvalue weighted by atomic mass is 16.5. The fraction of sp³-hybridized carbons (Fsp3) is 0.350. The average Bonchev–Trinajstić information content (AvgIpc) is 2.53. The van der Waals surface area contributed by atoms with E-state index >= 15 is 0 Å². The number of carbonyl (C=O) groups excluding carboxylic acids is 1. The number of benzene rings is 2. The molecule has 122 valence electrons. The predicted molar refractivity (Wildman–Crippen MR) is 93.9 cm³/mol. The SMILES string of the molecule is C=C(C)C(=O)OCCCCOc1c(C)c(C)cc2ccccc12. The lowest BCUT2D eigenvalue weighted by Gasteiger charge is -2.14. The van der Waals surface area contributed by atoms with Gasteiger partial charge in [0.2, 0.25) is 0 Å². The van der Waals surface area contributed by atoms with E-state index in [1.807, 2.05) is 12.1 Å². The van der Waals surface area contributed by atoms with Crippen LogP contribution in [0.1, 0.15) is 30.9 Å². The Hall–Kier alpha value is -2.29. The van der Waals surface area contributed by atoms with Crippen molar-refractivity contribution in [1.82, 2.24) is 0 Å². The van der Waals surface area contributed by atoms with Gasteiger partial charge in [0.1, 0.15) is 5.75 Å². The van der Waals surface area contributed by atoms with Gasteiger partial charge in [0, 0.05) is 11.0 Å². The van der Waals surface area contributed by atoms with E-state index in [4.69, 9.17) is 9.47 Å². The summed E-state index contributed by atoms with van der Waals surface area (Å²) in [5.74, 6) is 0.631. The second-order valence-corrected chi connectivity index (χ2v) is 5.84. The third-order valence-electron chi connectivity index (χ3n) is 3.88. The van der Waals surface area contributed by atoms with E-state index in [1.165, 1.54) is 16.5 Å². The van der Waals surface area contributed by atoms with Gasteiger partial charge in [0.05, 0.1) is 13.2 Å². The Morgan fingerprint density at radius 2 is 1.83 bits per heavy atom. The van der Waals surface area contributed by atoms with Crippen LogP contribution in [0.2, 0.25) is 0 Å². The standard InChI is InChI=1S/C20H24O3/c1-14(2)20(21)23-12-8-7-11-22-19-16(4)15(3)13-17-9-5-6-10-18(17)19/h5-6,9-10,13H,1,7-8,11-12H2,2-4H3. The molecule has 0 saturated carbocycles. The van der Waals surface area contributed by atoms with Crippen molar-refractivity contribution in [2.24, 2.45) is 0 Å². The summed E-state index contributed by atoms with van der Waals surface area (Å²) in [6, 6.07) is 10.4. The van der Waals surface area contributed by atoms with Crippen LogP contribution in [-0.4, -0.2) is 19.2 Å². The van der Waals surface area contributed by atoms with E-state index in [0.29, 0.717) is 18.8 Å². The third kappa shape index (κ3) is 4.35. The summed E-state index contributed by atoms with van der Waals surface area (Å²) in [4.78, 5) is 11.3.